The number of rotatable bonds is 4. The lowest BCUT2D eigenvalue weighted by Gasteiger charge is -2.03. The largest absolute Gasteiger partial charge is 0.358 e. The number of hydrogen-bond acceptors (Lipinski definition) is 5. The summed E-state index contributed by atoms with van der Waals surface area (Å²) >= 11 is 1.32. The summed E-state index contributed by atoms with van der Waals surface area (Å²) < 4.78 is 14.6. The smallest absolute Gasteiger partial charge is 0.230 e. The van der Waals surface area contributed by atoms with Crippen LogP contribution in [0.25, 0.3) is 17.0 Å². The molecule has 0 aliphatic heterocycles. The second kappa shape index (κ2) is 6.10. The fraction of sp³-hybridized carbons (Fsp3) is 0.143. The zero-order valence-electron chi connectivity index (χ0n) is 11.7. The van der Waals surface area contributed by atoms with Crippen LogP contribution in [0.3, 0.4) is 0 Å². The molecule has 1 amide bonds. The summed E-state index contributed by atoms with van der Waals surface area (Å²) in [5.41, 5.74) is 1.30. The van der Waals surface area contributed by atoms with Gasteiger partial charge >= 0.3 is 0 Å². The van der Waals surface area contributed by atoms with Crippen LogP contribution >= 0.6 is 11.8 Å². The molecule has 8 heteroatoms. The fourth-order valence-corrected chi connectivity index (χ4v) is 2.57. The highest BCUT2D eigenvalue weighted by Crippen LogP contribution is 2.20. The van der Waals surface area contributed by atoms with Crippen molar-refractivity contribution in [3.63, 3.8) is 0 Å². The lowest BCUT2D eigenvalue weighted by molar-refractivity contribution is -0.118. The summed E-state index contributed by atoms with van der Waals surface area (Å²) in [5.74, 6) is 0.419. The minimum atomic E-state index is -0.313. The van der Waals surface area contributed by atoms with Crippen LogP contribution in [-0.2, 0) is 4.79 Å². The lowest BCUT2D eigenvalue weighted by atomic mass is 10.2. The van der Waals surface area contributed by atoms with Gasteiger partial charge in [-0.25, -0.2) is 4.39 Å². The van der Waals surface area contributed by atoms with E-state index in [1.165, 1.54) is 23.9 Å². The van der Waals surface area contributed by atoms with Gasteiger partial charge in [0.2, 0.25) is 5.91 Å². The maximum Gasteiger partial charge on any atom is 0.230 e. The molecule has 112 valence electrons. The number of aromatic nitrogens is 4. The van der Waals surface area contributed by atoms with Gasteiger partial charge in [-0.1, -0.05) is 11.8 Å². The van der Waals surface area contributed by atoms with Gasteiger partial charge in [0.05, 0.1) is 5.75 Å². The summed E-state index contributed by atoms with van der Waals surface area (Å²) in [6.45, 7) is 0. The summed E-state index contributed by atoms with van der Waals surface area (Å²) in [7, 11) is 1.59. The SMILES string of the molecule is CNC(=O)CSc1ccc2nnc(-c3ccc(F)cc3)n2n1. The molecule has 1 N–H and O–H groups in total. The molecule has 0 atom stereocenters. The Hall–Kier alpha value is -2.48. The van der Waals surface area contributed by atoms with E-state index in [4.69, 9.17) is 0 Å². The van der Waals surface area contributed by atoms with Crippen LogP contribution in [0.15, 0.2) is 41.4 Å². The first kappa shape index (κ1) is 14.5. The quantitative estimate of drug-likeness (QED) is 0.743. The Morgan fingerprint density at radius 2 is 2.00 bits per heavy atom. The van der Waals surface area contributed by atoms with E-state index >= 15 is 0 Å². The van der Waals surface area contributed by atoms with Crippen molar-refractivity contribution >= 4 is 23.3 Å². The van der Waals surface area contributed by atoms with Crippen molar-refractivity contribution in [1.82, 2.24) is 25.1 Å². The molecular formula is C14H12FN5OS. The number of thioether (sulfide) groups is 1. The molecule has 2 aromatic heterocycles. The molecule has 0 spiro atoms. The van der Waals surface area contributed by atoms with Crippen LogP contribution in [0.5, 0.6) is 0 Å². The second-order valence-electron chi connectivity index (χ2n) is 4.43. The summed E-state index contributed by atoms with van der Waals surface area (Å²) in [6, 6.07) is 9.53. The topological polar surface area (TPSA) is 72.2 Å². The van der Waals surface area contributed by atoms with Gasteiger partial charge in [-0.15, -0.1) is 10.2 Å². The molecule has 0 bridgehead atoms. The number of amides is 1. The Morgan fingerprint density at radius 1 is 1.23 bits per heavy atom. The number of nitrogens with one attached hydrogen (secondary N) is 1. The Balaban J connectivity index is 1.94. The molecule has 0 fully saturated rings. The monoisotopic (exact) mass is 317 g/mol. The van der Waals surface area contributed by atoms with E-state index in [9.17, 15) is 9.18 Å². The maximum absolute atomic E-state index is 13.0. The molecule has 0 aliphatic rings. The van der Waals surface area contributed by atoms with Gasteiger partial charge in [-0.2, -0.15) is 9.61 Å². The number of nitrogens with zero attached hydrogens (tertiary/aromatic N) is 4. The zero-order chi connectivity index (χ0) is 15.5. The Labute approximate surface area is 129 Å². The zero-order valence-corrected chi connectivity index (χ0v) is 12.5. The molecule has 6 nitrogen and oxygen atoms in total. The summed E-state index contributed by atoms with van der Waals surface area (Å²) in [6.07, 6.45) is 0. The van der Waals surface area contributed by atoms with E-state index < -0.39 is 0 Å². The van der Waals surface area contributed by atoms with E-state index in [2.05, 4.69) is 20.6 Å². The molecule has 3 aromatic rings. The number of carbonyl (C=O) groups is 1. The number of halogens is 1. The first-order chi connectivity index (χ1) is 10.7. The molecule has 0 saturated heterocycles. The Bertz CT molecular complexity index is 818. The minimum absolute atomic E-state index is 0.0746. The van der Waals surface area contributed by atoms with Crippen LogP contribution in [0.1, 0.15) is 0 Å². The first-order valence-electron chi connectivity index (χ1n) is 6.49. The van der Waals surface area contributed by atoms with Gasteiger partial charge in [-0.05, 0) is 36.4 Å². The van der Waals surface area contributed by atoms with E-state index in [1.807, 2.05) is 0 Å². The summed E-state index contributed by atoms with van der Waals surface area (Å²) in [5, 5.41) is 15.8. The maximum atomic E-state index is 13.0. The van der Waals surface area contributed by atoms with Crippen molar-refractivity contribution in [3.05, 3.63) is 42.2 Å². The molecule has 0 radical (unpaired) electrons. The van der Waals surface area contributed by atoms with Crippen molar-refractivity contribution in [3.8, 4) is 11.4 Å². The highest BCUT2D eigenvalue weighted by Gasteiger charge is 2.11. The highest BCUT2D eigenvalue weighted by molar-refractivity contribution is 7.99. The van der Waals surface area contributed by atoms with Gasteiger partial charge in [0.15, 0.2) is 11.5 Å². The van der Waals surface area contributed by atoms with Gasteiger partial charge in [-0.3, -0.25) is 4.79 Å². The molecule has 2 heterocycles. The molecule has 3 rings (SSSR count). The van der Waals surface area contributed by atoms with Crippen LogP contribution in [0.2, 0.25) is 0 Å². The normalized spacial score (nSPS) is 10.8. The summed E-state index contributed by atoms with van der Waals surface area (Å²) in [4.78, 5) is 11.3. The lowest BCUT2D eigenvalue weighted by Crippen LogP contribution is -2.19. The van der Waals surface area contributed by atoms with Crippen LogP contribution in [0, 0.1) is 5.82 Å². The fourth-order valence-electron chi connectivity index (χ4n) is 1.84. The second-order valence-corrected chi connectivity index (χ2v) is 5.43. The molecule has 0 saturated carbocycles. The van der Waals surface area contributed by atoms with E-state index in [0.29, 0.717) is 16.5 Å². The van der Waals surface area contributed by atoms with Crippen LogP contribution in [0.4, 0.5) is 4.39 Å². The Morgan fingerprint density at radius 3 is 2.73 bits per heavy atom. The van der Waals surface area contributed by atoms with Gasteiger partial charge in [0.25, 0.3) is 0 Å². The standard InChI is InChI=1S/C14H12FN5OS/c1-16-12(21)8-22-13-7-6-11-17-18-14(20(11)19-13)9-2-4-10(15)5-3-9/h2-7H,8H2,1H3,(H,16,21). The van der Waals surface area contributed by atoms with Crippen LogP contribution in [-0.4, -0.2) is 38.5 Å². The number of fused-ring (bicyclic) bond motifs is 1. The van der Waals surface area contributed by atoms with Crippen molar-refractivity contribution in [2.24, 2.45) is 0 Å². The number of benzene rings is 1. The van der Waals surface area contributed by atoms with Gasteiger partial charge < -0.3 is 5.32 Å². The molecule has 0 unspecified atom stereocenters. The third-order valence-electron chi connectivity index (χ3n) is 2.97. The van der Waals surface area contributed by atoms with Crippen LogP contribution < -0.4 is 5.32 Å². The molecule has 22 heavy (non-hydrogen) atoms. The molecule has 0 aliphatic carbocycles. The van der Waals surface area contributed by atoms with Crippen molar-refractivity contribution < 1.29 is 9.18 Å². The van der Waals surface area contributed by atoms with Gasteiger partial charge in [0.1, 0.15) is 10.8 Å². The Kier molecular flexibility index (Phi) is 4.01. The number of carbonyl (C=O) groups excluding carboxylic acids is 1. The van der Waals surface area contributed by atoms with Gasteiger partial charge in [0, 0.05) is 12.6 Å². The predicted octanol–water partition coefficient (Wildman–Crippen LogP) is 1.77. The highest BCUT2D eigenvalue weighted by atomic mass is 32.2. The minimum Gasteiger partial charge on any atom is -0.358 e. The molecular weight excluding hydrogens is 305 g/mol. The van der Waals surface area contributed by atoms with Crippen molar-refractivity contribution in [2.75, 3.05) is 12.8 Å². The van der Waals surface area contributed by atoms with E-state index in [0.717, 1.165) is 5.56 Å². The number of hydrogen-bond donors (Lipinski definition) is 1. The molecule has 1 aromatic carbocycles. The van der Waals surface area contributed by atoms with E-state index in [1.54, 1.807) is 35.8 Å². The average Bonchev–Trinajstić information content (AvgIpc) is 2.96. The third kappa shape index (κ3) is 2.91. The van der Waals surface area contributed by atoms with E-state index in [-0.39, 0.29) is 17.5 Å². The van der Waals surface area contributed by atoms with Crippen molar-refractivity contribution in [2.45, 2.75) is 5.03 Å². The first-order valence-corrected chi connectivity index (χ1v) is 7.48. The predicted molar refractivity (Wildman–Crippen MR) is 81.0 cm³/mol. The van der Waals surface area contributed by atoms with Crippen molar-refractivity contribution in [1.29, 1.82) is 0 Å². The third-order valence-corrected chi connectivity index (χ3v) is 3.89. The average molecular weight is 317 g/mol.